The van der Waals surface area contributed by atoms with E-state index in [1.807, 2.05) is 34.6 Å². The highest BCUT2D eigenvalue weighted by molar-refractivity contribution is 5.85. The molecule has 0 saturated heterocycles. The Kier molecular flexibility index (Phi) is 5.84. The van der Waals surface area contributed by atoms with E-state index in [0.29, 0.717) is 12.8 Å². The molecule has 0 rings (SSSR count). The molecule has 0 unspecified atom stereocenters. The normalized spacial score (nSPS) is 12.3. The highest BCUT2D eigenvalue weighted by Gasteiger charge is 2.39. The lowest BCUT2D eigenvalue weighted by Crippen LogP contribution is -2.47. The molecule has 0 aliphatic heterocycles. The standard InChI is InChI=1S/C14H27NO3/c1-7-13(4,5)15(6)11(16)10-14(8-2,9-3)12(17)18/h7-10H2,1-6H3,(H,17,18). The van der Waals surface area contributed by atoms with Gasteiger partial charge in [0.1, 0.15) is 0 Å². The maximum atomic E-state index is 12.2. The molecule has 0 fully saturated rings. The molecule has 0 heterocycles. The maximum Gasteiger partial charge on any atom is 0.310 e. The molecular weight excluding hydrogens is 230 g/mol. The van der Waals surface area contributed by atoms with Gasteiger partial charge in [0, 0.05) is 19.0 Å². The minimum Gasteiger partial charge on any atom is -0.481 e. The average Bonchev–Trinajstić information content (AvgIpc) is 2.34. The van der Waals surface area contributed by atoms with Crippen LogP contribution in [0.5, 0.6) is 0 Å². The highest BCUT2D eigenvalue weighted by atomic mass is 16.4. The fraction of sp³-hybridized carbons (Fsp3) is 0.857. The van der Waals surface area contributed by atoms with Crippen molar-refractivity contribution in [2.75, 3.05) is 7.05 Å². The van der Waals surface area contributed by atoms with E-state index in [-0.39, 0.29) is 17.9 Å². The minimum atomic E-state index is -0.921. The van der Waals surface area contributed by atoms with E-state index in [0.717, 1.165) is 6.42 Å². The summed E-state index contributed by atoms with van der Waals surface area (Å²) in [5, 5.41) is 9.34. The Labute approximate surface area is 110 Å². The van der Waals surface area contributed by atoms with Crippen molar-refractivity contribution in [1.29, 1.82) is 0 Å². The van der Waals surface area contributed by atoms with Crippen molar-refractivity contribution in [1.82, 2.24) is 4.90 Å². The maximum absolute atomic E-state index is 12.2. The van der Waals surface area contributed by atoms with Gasteiger partial charge in [-0.15, -0.1) is 0 Å². The van der Waals surface area contributed by atoms with Crippen LogP contribution >= 0.6 is 0 Å². The molecule has 0 aromatic rings. The van der Waals surface area contributed by atoms with Crippen LogP contribution in [0.25, 0.3) is 0 Å². The molecule has 106 valence electrons. The number of carbonyl (C=O) groups excluding carboxylic acids is 1. The summed E-state index contributed by atoms with van der Waals surface area (Å²) in [6.07, 6.45) is 1.87. The van der Waals surface area contributed by atoms with Crippen molar-refractivity contribution >= 4 is 11.9 Å². The molecule has 0 aromatic heterocycles. The van der Waals surface area contributed by atoms with Crippen molar-refractivity contribution in [2.24, 2.45) is 5.41 Å². The number of rotatable bonds is 7. The molecule has 1 amide bonds. The fourth-order valence-electron chi connectivity index (χ4n) is 1.86. The summed E-state index contributed by atoms with van der Waals surface area (Å²) in [4.78, 5) is 25.3. The number of hydrogen-bond acceptors (Lipinski definition) is 2. The van der Waals surface area contributed by atoms with Crippen LogP contribution in [0.15, 0.2) is 0 Å². The monoisotopic (exact) mass is 257 g/mol. The second kappa shape index (κ2) is 6.21. The van der Waals surface area contributed by atoms with Gasteiger partial charge in [0.2, 0.25) is 5.91 Å². The molecule has 0 radical (unpaired) electrons. The number of nitrogens with zero attached hydrogens (tertiary/aromatic N) is 1. The summed E-state index contributed by atoms with van der Waals surface area (Å²) in [6.45, 7) is 9.66. The number of amides is 1. The molecule has 4 heteroatoms. The van der Waals surface area contributed by atoms with E-state index < -0.39 is 11.4 Å². The van der Waals surface area contributed by atoms with Crippen molar-refractivity contribution < 1.29 is 14.7 Å². The highest BCUT2D eigenvalue weighted by Crippen LogP contribution is 2.32. The summed E-state index contributed by atoms with van der Waals surface area (Å²) >= 11 is 0. The Bertz CT molecular complexity index is 306. The Balaban J connectivity index is 4.98. The van der Waals surface area contributed by atoms with Crippen LogP contribution in [-0.2, 0) is 9.59 Å². The summed E-state index contributed by atoms with van der Waals surface area (Å²) in [6, 6.07) is 0. The van der Waals surface area contributed by atoms with Gasteiger partial charge < -0.3 is 10.0 Å². The molecule has 0 aliphatic rings. The van der Waals surface area contributed by atoms with Gasteiger partial charge in [-0.05, 0) is 33.1 Å². The Morgan fingerprint density at radius 2 is 1.50 bits per heavy atom. The minimum absolute atomic E-state index is 0.0786. The smallest absolute Gasteiger partial charge is 0.310 e. The lowest BCUT2D eigenvalue weighted by Gasteiger charge is -2.37. The average molecular weight is 257 g/mol. The fourth-order valence-corrected chi connectivity index (χ4v) is 1.86. The molecule has 0 saturated carbocycles. The van der Waals surface area contributed by atoms with Gasteiger partial charge in [-0.3, -0.25) is 9.59 Å². The predicted octanol–water partition coefficient (Wildman–Crippen LogP) is 2.91. The first-order valence-corrected chi connectivity index (χ1v) is 6.67. The summed E-state index contributed by atoms with van der Waals surface area (Å²) in [7, 11) is 1.75. The van der Waals surface area contributed by atoms with Gasteiger partial charge in [-0.1, -0.05) is 20.8 Å². The quantitative estimate of drug-likeness (QED) is 0.763. The van der Waals surface area contributed by atoms with Crippen molar-refractivity contribution in [3.63, 3.8) is 0 Å². The van der Waals surface area contributed by atoms with E-state index in [2.05, 4.69) is 0 Å². The van der Waals surface area contributed by atoms with Gasteiger partial charge in [0.15, 0.2) is 0 Å². The largest absolute Gasteiger partial charge is 0.481 e. The molecule has 0 aliphatic carbocycles. The van der Waals surface area contributed by atoms with E-state index in [1.54, 1.807) is 11.9 Å². The zero-order valence-corrected chi connectivity index (χ0v) is 12.5. The Hall–Kier alpha value is -1.06. The van der Waals surface area contributed by atoms with Crippen LogP contribution in [-0.4, -0.2) is 34.5 Å². The van der Waals surface area contributed by atoms with Crippen molar-refractivity contribution in [2.45, 2.75) is 65.8 Å². The summed E-state index contributed by atoms with van der Waals surface area (Å²) in [5.74, 6) is -0.962. The summed E-state index contributed by atoms with van der Waals surface area (Å²) < 4.78 is 0. The van der Waals surface area contributed by atoms with Crippen molar-refractivity contribution in [3.8, 4) is 0 Å². The van der Waals surface area contributed by atoms with Gasteiger partial charge >= 0.3 is 5.97 Å². The van der Waals surface area contributed by atoms with Crippen LogP contribution < -0.4 is 0 Å². The second-order valence-electron chi connectivity index (χ2n) is 5.59. The molecule has 0 aromatic carbocycles. The molecule has 4 nitrogen and oxygen atoms in total. The van der Waals surface area contributed by atoms with Gasteiger partial charge in [0.05, 0.1) is 5.41 Å². The van der Waals surface area contributed by atoms with Crippen molar-refractivity contribution in [3.05, 3.63) is 0 Å². The first kappa shape index (κ1) is 16.9. The van der Waals surface area contributed by atoms with Gasteiger partial charge in [-0.2, -0.15) is 0 Å². The topological polar surface area (TPSA) is 57.6 Å². The number of carbonyl (C=O) groups is 2. The van der Waals surface area contributed by atoms with Crippen LogP contribution in [0.4, 0.5) is 0 Å². The van der Waals surface area contributed by atoms with Crippen LogP contribution in [0, 0.1) is 5.41 Å². The van der Waals surface area contributed by atoms with Gasteiger partial charge in [-0.25, -0.2) is 0 Å². The third-order valence-corrected chi connectivity index (χ3v) is 4.44. The van der Waals surface area contributed by atoms with Crippen LogP contribution in [0.2, 0.25) is 0 Å². The third-order valence-electron chi connectivity index (χ3n) is 4.44. The summed E-state index contributed by atoms with van der Waals surface area (Å²) in [5.41, 5.74) is -1.15. The molecule has 0 bridgehead atoms. The number of carboxylic acid groups (broad SMARTS) is 1. The molecule has 1 N–H and O–H groups in total. The SMILES string of the molecule is CCC(CC)(CC(=O)N(C)C(C)(C)CC)C(=O)O. The zero-order chi connectivity index (χ0) is 14.6. The second-order valence-corrected chi connectivity index (χ2v) is 5.59. The van der Waals surface area contributed by atoms with E-state index >= 15 is 0 Å². The Morgan fingerprint density at radius 1 is 1.06 bits per heavy atom. The van der Waals surface area contributed by atoms with Crippen LogP contribution in [0.1, 0.15) is 60.3 Å². The predicted molar refractivity (Wildman–Crippen MR) is 72.4 cm³/mol. The van der Waals surface area contributed by atoms with E-state index in [4.69, 9.17) is 0 Å². The van der Waals surface area contributed by atoms with Crippen LogP contribution in [0.3, 0.4) is 0 Å². The molecule has 0 spiro atoms. The Morgan fingerprint density at radius 3 is 1.78 bits per heavy atom. The van der Waals surface area contributed by atoms with Gasteiger partial charge in [0.25, 0.3) is 0 Å². The lowest BCUT2D eigenvalue weighted by atomic mass is 9.78. The first-order valence-electron chi connectivity index (χ1n) is 6.67. The third kappa shape index (κ3) is 3.47. The molecule has 18 heavy (non-hydrogen) atoms. The van der Waals surface area contributed by atoms with E-state index in [9.17, 15) is 14.7 Å². The molecule has 0 atom stereocenters. The van der Waals surface area contributed by atoms with E-state index in [1.165, 1.54) is 0 Å². The molecular formula is C14H27NO3. The number of hydrogen-bond donors (Lipinski definition) is 1. The number of aliphatic carboxylic acids is 1. The zero-order valence-electron chi connectivity index (χ0n) is 12.5. The number of carboxylic acids is 1. The first-order chi connectivity index (χ1) is 8.16. The lowest BCUT2D eigenvalue weighted by molar-refractivity contribution is -0.155.